The summed E-state index contributed by atoms with van der Waals surface area (Å²) in [5.74, 6) is -1.75. The van der Waals surface area contributed by atoms with Crippen molar-refractivity contribution >= 4 is 28.6 Å². The van der Waals surface area contributed by atoms with Crippen LogP contribution < -0.4 is 0 Å². The van der Waals surface area contributed by atoms with Crippen molar-refractivity contribution in [1.29, 1.82) is 0 Å². The van der Waals surface area contributed by atoms with E-state index in [1.165, 1.54) is 0 Å². The SMILES string of the molecule is [2H]c1sc(C(O)(C(=O)OC2([2H])CC3([2H])C4([2H])OC4([2H])C([2H])(C2)[N+]3(C)C([2H])([2H])[2H])c2sc([2H])c([2H])c2[2H])c([2H])c1[2H]. The first-order chi connectivity index (χ1) is 17.9. The number of epoxide rings is 1. The van der Waals surface area contributed by atoms with Gasteiger partial charge in [0.05, 0.1) is 43.0 Å². The summed E-state index contributed by atoms with van der Waals surface area (Å²) >= 11 is 0.652. The maximum Gasteiger partial charge on any atom is 0.349 e. The Bertz CT molecular complexity index is 1400. The lowest BCUT2D eigenvalue weighted by atomic mass is 9.95. The van der Waals surface area contributed by atoms with Crippen LogP contribution in [0, 0.1) is 0 Å². The molecule has 3 aliphatic rings. The van der Waals surface area contributed by atoms with E-state index >= 15 is 0 Å². The van der Waals surface area contributed by atoms with Gasteiger partial charge in [-0.1, -0.05) is 12.1 Å². The zero-order valence-electron chi connectivity index (χ0n) is 27.3. The molecule has 0 amide bonds. The quantitative estimate of drug-likeness (QED) is 0.481. The largest absolute Gasteiger partial charge is 0.459 e. The van der Waals surface area contributed by atoms with Crippen LogP contribution in [-0.4, -0.2) is 59.9 Å². The van der Waals surface area contributed by atoms with Gasteiger partial charge in [-0.3, -0.25) is 0 Å². The molecule has 2 aromatic heterocycles. The zero-order valence-corrected chi connectivity index (χ0v) is 15.0. The number of carbonyl (C=O) groups excluding carboxylic acids is 1. The normalized spacial score (nSPS) is 60.4. The summed E-state index contributed by atoms with van der Waals surface area (Å²) in [6.45, 7) is -3.13. The summed E-state index contributed by atoms with van der Waals surface area (Å²) in [5.41, 5.74) is -3.17. The number of thiophene rings is 2. The summed E-state index contributed by atoms with van der Waals surface area (Å²) in [7, 11) is 0.986. The number of hydrogen-bond donors (Lipinski definition) is 1. The minimum absolute atomic E-state index is 0.326. The van der Waals surface area contributed by atoms with E-state index in [9.17, 15) is 9.90 Å². The highest BCUT2D eigenvalue weighted by molar-refractivity contribution is 7.12. The van der Waals surface area contributed by atoms with Crippen molar-refractivity contribution in [3.05, 3.63) is 44.6 Å². The zero-order chi connectivity index (χ0) is 30.4. The van der Waals surface area contributed by atoms with Gasteiger partial charge in [-0.15, -0.1) is 22.7 Å². The number of morpholine rings is 1. The molecule has 4 unspecified atom stereocenters. The predicted molar refractivity (Wildman–Crippen MR) is 99.1 cm³/mol. The van der Waals surface area contributed by atoms with Crippen LogP contribution in [-0.2, 0) is 19.9 Å². The Morgan fingerprint density at radius 2 is 1.92 bits per heavy atom. The highest BCUT2D eigenvalue weighted by Crippen LogP contribution is 2.52. The number of rotatable bonds is 4. The Morgan fingerprint density at radius 3 is 2.38 bits per heavy atom. The molecule has 0 spiro atoms. The van der Waals surface area contributed by atoms with Gasteiger partial charge in [0.2, 0.25) is 5.60 Å². The summed E-state index contributed by atoms with van der Waals surface area (Å²) in [6.07, 6.45) is -9.95. The second-order valence-electron chi connectivity index (χ2n) is 6.22. The fourth-order valence-corrected chi connectivity index (χ4v) is 4.54. The van der Waals surface area contributed by atoms with Gasteiger partial charge in [0, 0.05) is 12.8 Å². The van der Waals surface area contributed by atoms with Crippen molar-refractivity contribution in [3.63, 3.8) is 0 Å². The average Bonchev–Trinajstić information content (AvgIpc) is 3.21. The smallest absolute Gasteiger partial charge is 0.349 e. The van der Waals surface area contributed by atoms with Crippen LogP contribution in [0.25, 0.3) is 0 Å². The van der Waals surface area contributed by atoms with Gasteiger partial charge < -0.3 is 19.1 Å². The number of likely N-dealkylation sites (N-methyl/N-ethyl adjacent to an activating group) is 1. The monoisotopic (exact) mass is 406 g/mol. The van der Waals surface area contributed by atoms with E-state index in [1.807, 2.05) is 0 Å². The van der Waals surface area contributed by atoms with E-state index in [0.717, 1.165) is 7.05 Å². The van der Waals surface area contributed by atoms with Gasteiger partial charge in [-0.05, 0) is 22.8 Å². The first kappa shape index (κ1) is 7.64. The van der Waals surface area contributed by atoms with Crippen LogP contribution in [0.15, 0.2) is 34.9 Å². The fourth-order valence-electron chi connectivity index (χ4n) is 3.20. The van der Waals surface area contributed by atoms with Gasteiger partial charge in [0.1, 0.15) is 30.3 Å². The highest BCUT2D eigenvalue weighted by atomic mass is 32.1. The summed E-state index contributed by atoms with van der Waals surface area (Å²) in [4.78, 5) is 12.5. The Hall–Kier alpha value is -1.25. The molecule has 5 heterocycles. The van der Waals surface area contributed by atoms with Crippen LogP contribution in [0.3, 0.4) is 0 Å². The van der Waals surface area contributed by atoms with Crippen molar-refractivity contribution in [2.45, 2.75) is 48.7 Å². The second kappa shape index (κ2) is 5.62. The van der Waals surface area contributed by atoms with Crippen molar-refractivity contribution in [2.24, 2.45) is 0 Å². The number of fused-ring (bicyclic) bond motifs is 5. The van der Waals surface area contributed by atoms with Crippen molar-refractivity contribution in [3.8, 4) is 0 Å². The average molecular weight is 407 g/mol. The molecular formula is C19H22NO4S2+. The maximum atomic E-state index is 13.8. The molecule has 0 radical (unpaired) electrons. The molecule has 0 aromatic carbocycles. The third-order valence-electron chi connectivity index (χ3n) is 4.65. The standard InChI is InChI=1S/C19H22NO4S2/c1-20(2)12-9-11(10-13(20)17-16(12)24-17)23-18(21)19(22,14-5-3-7-25-14)15-6-4-8-26-15/h3-8,11-13,16-17,22H,9-10H2,1-2H3/q+1/i1D3,3D,4D,5D,6D,7D,8D,11D,12D,13D,16D,17D. The lowest BCUT2D eigenvalue weighted by molar-refractivity contribution is -0.938. The molecule has 3 aliphatic heterocycles. The van der Waals surface area contributed by atoms with E-state index in [-0.39, 0.29) is 0 Å². The van der Waals surface area contributed by atoms with Gasteiger partial charge >= 0.3 is 5.97 Å². The molecule has 5 nitrogen and oxygen atoms in total. The van der Waals surface area contributed by atoms with Crippen LogP contribution in [0.2, 0.25) is 0 Å². The van der Waals surface area contributed by atoms with Gasteiger partial charge in [-0.25, -0.2) is 4.79 Å². The van der Waals surface area contributed by atoms with Crippen LogP contribution in [0.1, 0.15) is 41.8 Å². The molecule has 1 N–H and O–H groups in total. The minimum atomic E-state index is -3.17. The highest BCUT2D eigenvalue weighted by Gasteiger charge is 2.71. The van der Waals surface area contributed by atoms with Crippen LogP contribution in [0.4, 0.5) is 0 Å². The molecule has 4 atom stereocenters. The molecule has 2 aromatic rings. The van der Waals surface area contributed by atoms with Gasteiger partial charge in [0.25, 0.3) is 0 Å². The van der Waals surface area contributed by atoms with Crippen LogP contribution in [0.5, 0.6) is 0 Å². The van der Waals surface area contributed by atoms with Crippen molar-refractivity contribution in [2.75, 3.05) is 14.0 Å². The summed E-state index contributed by atoms with van der Waals surface area (Å²) in [6, 6.07) is -8.33. The first-order valence-electron chi connectivity index (χ1n) is 14.6. The van der Waals surface area contributed by atoms with Crippen molar-refractivity contribution in [1.82, 2.24) is 0 Å². The molecule has 3 saturated heterocycles. The van der Waals surface area contributed by atoms with Crippen LogP contribution >= 0.6 is 22.7 Å². The number of nitrogens with zero attached hydrogens (tertiary/aromatic N) is 1. The first-order valence-corrected chi connectivity index (χ1v) is 9.23. The number of esters is 1. The predicted octanol–water partition coefficient (Wildman–Crippen LogP) is 2.35. The number of ether oxygens (including phenoxy) is 2. The third-order valence-corrected chi connectivity index (χ3v) is 6.26. The molecule has 7 heteroatoms. The molecule has 3 fully saturated rings. The van der Waals surface area contributed by atoms with E-state index in [1.54, 1.807) is 0 Å². The van der Waals surface area contributed by atoms with Gasteiger partial charge in [-0.2, -0.15) is 0 Å². The maximum absolute atomic E-state index is 13.8. The molecule has 138 valence electrons. The number of hydrogen-bond acceptors (Lipinski definition) is 6. The second-order valence-corrected chi connectivity index (χ2v) is 7.85. The number of carbonyl (C=O) groups is 1. The molecule has 0 saturated carbocycles. The lowest BCUT2D eigenvalue weighted by Crippen LogP contribution is -2.60. The topological polar surface area (TPSA) is 59.1 Å². The Balaban J connectivity index is 1.64. The molecule has 0 aliphatic carbocycles. The number of piperidine rings is 1. The number of aliphatic hydroxyl groups is 1. The van der Waals surface area contributed by atoms with E-state index in [0.29, 0.717) is 22.7 Å². The fraction of sp³-hybridized carbons (Fsp3) is 0.526. The third kappa shape index (κ3) is 2.28. The van der Waals surface area contributed by atoms with Gasteiger partial charge in [0.15, 0.2) is 0 Å². The molecule has 26 heavy (non-hydrogen) atoms. The lowest BCUT2D eigenvalue weighted by Gasteiger charge is -2.45. The Labute approximate surface area is 180 Å². The minimum Gasteiger partial charge on any atom is -0.459 e. The van der Waals surface area contributed by atoms with E-state index in [4.69, 9.17) is 28.7 Å². The Morgan fingerprint density at radius 1 is 1.35 bits per heavy atom. The molecule has 5 rings (SSSR count). The number of quaternary nitrogens is 1. The Kier molecular flexibility index (Phi) is 1.65. The molecule has 2 bridgehead atoms. The van der Waals surface area contributed by atoms with Crippen molar-refractivity contribution < 1.29 is 43.0 Å². The molecular weight excluding hydrogens is 370 g/mol. The summed E-state index contributed by atoms with van der Waals surface area (Å²) < 4.78 is 125. The van der Waals surface area contributed by atoms with E-state index in [2.05, 4.69) is 0 Å². The summed E-state index contributed by atoms with van der Waals surface area (Å²) in [5, 5.41) is 10.7. The van der Waals surface area contributed by atoms with E-state index < -0.39 is 111 Å².